The molecule has 1 unspecified atom stereocenters. The minimum absolute atomic E-state index is 0.0588. The van der Waals surface area contributed by atoms with Crippen LogP contribution < -0.4 is 5.73 Å². The third-order valence-electron chi connectivity index (χ3n) is 2.61. The zero-order valence-corrected chi connectivity index (χ0v) is 9.04. The van der Waals surface area contributed by atoms with Gasteiger partial charge in [0.2, 0.25) is 11.8 Å². The molecule has 0 bridgehead atoms. The van der Waals surface area contributed by atoms with Crippen molar-refractivity contribution in [1.82, 2.24) is 4.90 Å². The molecule has 14 heavy (non-hydrogen) atoms. The maximum atomic E-state index is 11.6. The molecule has 0 aromatic carbocycles. The van der Waals surface area contributed by atoms with Gasteiger partial charge in [0.05, 0.1) is 0 Å². The summed E-state index contributed by atoms with van der Waals surface area (Å²) in [4.78, 5) is 24.4. The van der Waals surface area contributed by atoms with Gasteiger partial charge in [0, 0.05) is 18.9 Å². The Morgan fingerprint density at radius 1 is 1.50 bits per heavy atom. The molecule has 2 amide bonds. The molecule has 1 heterocycles. The van der Waals surface area contributed by atoms with Crippen molar-refractivity contribution < 1.29 is 9.59 Å². The zero-order chi connectivity index (χ0) is 10.9. The molecule has 0 aromatic rings. The lowest BCUT2D eigenvalue weighted by Gasteiger charge is -2.27. The van der Waals surface area contributed by atoms with Gasteiger partial charge < -0.3 is 5.73 Å². The predicted octanol–water partition coefficient (Wildman–Crippen LogP) is 0.366. The molecule has 1 saturated heterocycles. The first kappa shape index (κ1) is 11.2. The van der Waals surface area contributed by atoms with E-state index < -0.39 is 0 Å². The number of amides is 2. The number of imide groups is 1. The molecule has 0 aliphatic carbocycles. The SMILES string of the molecule is CC1CC(=O)N(CC(C)(C)CN)C1=O. The van der Waals surface area contributed by atoms with Crippen LogP contribution in [-0.4, -0.2) is 29.8 Å². The molecule has 0 spiro atoms. The van der Waals surface area contributed by atoms with Gasteiger partial charge in [-0.15, -0.1) is 0 Å². The van der Waals surface area contributed by atoms with Gasteiger partial charge in [0.25, 0.3) is 0 Å². The molecule has 1 aliphatic heterocycles. The smallest absolute Gasteiger partial charge is 0.232 e. The lowest BCUT2D eigenvalue weighted by atomic mass is 9.93. The van der Waals surface area contributed by atoms with Crippen LogP contribution in [0.25, 0.3) is 0 Å². The van der Waals surface area contributed by atoms with E-state index in [-0.39, 0.29) is 23.1 Å². The predicted molar refractivity (Wildman–Crippen MR) is 53.3 cm³/mol. The molecule has 1 atom stereocenters. The number of nitrogens with two attached hydrogens (primary N) is 1. The van der Waals surface area contributed by atoms with Gasteiger partial charge in [-0.3, -0.25) is 14.5 Å². The highest BCUT2D eigenvalue weighted by molar-refractivity contribution is 6.03. The van der Waals surface area contributed by atoms with E-state index in [4.69, 9.17) is 5.73 Å². The fourth-order valence-corrected chi connectivity index (χ4v) is 1.51. The van der Waals surface area contributed by atoms with Crippen molar-refractivity contribution in [3.8, 4) is 0 Å². The van der Waals surface area contributed by atoms with Crippen LogP contribution in [0, 0.1) is 11.3 Å². The number of carbonyl (C=O) groups excluding carboxylic acids is 2. The standard InChI is InChI=1S/C10H18N2O2/c1-7-4-8(13)12(9(7)14)6-10(2,3)5-11/h7H,4-6,11H2,1-3H3. The van der Waals surface area contributed by atoms with E-state index in [1.165, 1.54) is 4.90 Å². The molecule has 0 saturated carbocycles. The summed E-state index contributed by atoms with van der Waals surface area (Å²) in [6.45, 7) is 6.60. The summed E-state index contributed by atoms with van der Waals surface area (Å²) in [6, 6.07) is 0. The van der Waals surface area contributed by atoms with Gasteiger partial charge in [-0.1, -0.05) is 20.8 Å². The third kappa shape index (κ3) is 2.12. The number of hydrogen-bond acceptors (Lipinski definition) is 3. The van der Waals surface area contributed by atoms with Gasteiger partial charge in [0.15, 0.2) is 0 Å². The summed E-state index contributed by atoms with van der Waals surface area (Å²) in [7, 11) is 0. The van der Waals surface area contributed by atoms with Crippen molar-refractivity contribution in [2.75, 3.05) is 13.1 Å². The Kier molecular flexibility index (Phi) is 2.95. The second kappa shape index (κ2) is 3.69. The van der Waals surface area contributed by atoms with Crippen molar-refractivity contribution in [1.29, 1.82) is 0 Å². The molecule has 1 fully saturated rings. The first-order chi connectivity index (χ1) is 6.37. The molecule has 0 aromatic heterocycles. The van der Waals surface area contributed by atoms with Crippen molar-refractivity contribution in [2.24, 2.45) is 17.1 Å². The molecule has 0 radical (unpaired) electrons. The van der Waals surface area contributed by atoms with Crippen LogP contribution in [0.5, 0.6) is 0 Å². The van der Waals surface area contributed by atoms with E-state index in [9.17, 15) is 9.59 Å². The fraction of sp³-hybridized carbons (Fsp3) is 0.800. The Morgan fingerprint density at radius 3 is 2.43 bits per heavy atom. The minimum atomic E-state index is -0.185. The maximum absolute atomic E-state index is 11.6. The lowest BCUT2D eigenvalue weighted by Crippen LogP contribution is -2.41. The van der Waals surface area contributed by atoms with E-state index in [0.29, 0.717) is 19.5 Å². The summed E-state index contributed by atoms with van der Waals surface area (Å²) in [5, 5.41) is 0. The van der Waals surface area contributed by atoms with E-state index in [0.717, 1.165) is 0 Å². The lowest BCUT2D eigenvalue weighted by molar-refractivity contribution is -0.140. The second-order valence-corrected chi connectivity index (χ2v) is 4.79. The van der Waals surface area contributed by atoms with Crippen molar-refractivity contribution in [3.63, 3.8) is 0 Å². The maximum Gasteiger partial charge on any atom is 0.232 e. The number of nitrogens with zero attached hydrogens (tertiary/aromatic N) is 1. The molecular formula is C10H18N2O2. The number of likely N-dealkylation sites (tertiary alicyclic amines) is 1. The summed E-state index contributed by atoms with van der Waals surface area (Å²) >= 11 is 0. The highest BCUT2D eigenvalue weighted by atomic mass is 16.2. The second-order valence-electron chi connectivity index (χ2n) is 4.79. The van der Waals surface area contributed by atoms with Crippen LogP contribution in [0.2, 0.25) is 0 Å². The van der Waals surface area contributed by atoms with E-state index >= 15 is 0 Å². The average molecular weight is 198 g/mol. The quantitative estimate of drug-likeness (QED) is 0.666. The third-order valence-corrected chi connectivity index (χ3v) is 2.61. The summed E-state index contributed by atoms with van der Waals surface area (Å²) in [6.07, 6.45) is 0.347. The summed E-state index contributed by atoms with van der Waals surface area (Å²) < 4.78 is 0. The summed E-state index contributed by atoms with van der Waals surface area (Å²) in [5.41, 5.74) is 5.38. The Balaban J connectivity index is 2.70. The Labute approximate surface area is 84.4 Å². The van der Waals surface area contributed by atoms with Crippen LogP contribution in [0.4, 0.5) is 0 Å². The van der Waals surface area contributed by atoms with Gasteiger partial charge in [-0.2, -0.15) is 0 Å². The Morgan fingerprint density at radius 2 is 2.07 bits per heavy atom. The zero-order valence-electron chi connectivity index (χ0n) is 9.04. The molecule has 2 N–H and O–H groups in total. The Hall–Kier alpha value is -0.900. The van der Waals surface area contributed by atoms with Crippen LogP contribution in [-0.2, 0) is 9.59 Å². The monoisotopic (exact) mass is 198 g/mol. The highest BCUT2D eigenvalue weighted by Crippen LogP contribution is 2.23. The number of hydrogen-bond donors (Lipinski definition) is 1. The molecule has 80 valence electrons. The van der Waals surface area contributed by atoms with Crippen molar-refractivity contribution in [3.05, 3.63) is 0 Å². The molecular weight excluding hydrogens is 180 g/mol. The van der Waals surface area contributed by atoms with Crippen LogP contribution >= 0.6 is 0 Å². The van der Waals surface area contributed by atoms with Gasteiger partial charge >= 0.3 is 0 Å². The average Bonchev–Trinajstić information content (AvgIpc) is 2.32. The normalized spacial score (nSPS) is 23.4. The molecule has 1 rings (SSSR count). The van der Waals surface area contributed by atoms with Gasteiger partial charge in [-0.25, -0.2) is 0 Å². The number of carbonyl (C=O) groups is 2. The molecule has 4 heteroatoms. The first-order valence-electron chi connectivity index (χ1n) is 4.91. The summed E-state index contributed by atoms with van der Waals surface area (Å²) in [5.74, 6) is -0.281. The first-order valence-corrected chi connectivity index (χ1v) is 4.91. The van der Waals surface area contributed by atoms with E-state index in [1.54, 1.807) is 6.92 Å². The van der Waals surface area contributed by atoms with Crippen molar-refractivity contribution >= 4 is 11.8 Å². The van der Waals surface area contributed by atoms with E-state index in [1.807, 2.05) is 13.8 Å². The van der Waals surface area contributed by atoms with Crippen LogP contribution in [0.15, 0.2) is 0 Å². The fourth-order valence-electron chi connectivity index (χ4n) is 1.51. The van der Waals surface area contributed by atoms with E-state index in [2.05, 4.69) is 0 Å². The molecule has 4 nitrogen and oxygen atoms in total. The number of rotatable bonds is 3. The van der Waals surface area contributed by atoms with Crippen LogP contribution in [0.1, 0.15) is 27.2 Å². The Bertz CT molecular complexity index is 261. The topological polar surface area (TPSA) is 63.4 Å². The van der Waals surface area contributed by atoms with Gasteiger partial charge in [-0.05, 0) is 12.0 Å². The highest BCUT2D eigenvalue weighted by Gasteiger charge is 2.37. The van der Waals surface area contributed by atoms with Crippen LogP contribution in [0.3, 0.4) is 0 Å². The van der Waals surface area contributed by atoms with Crippen molar-refractivity contribution in [2.45, 2.75) is 27.2 Å². The van der Waals surface area contributed by atoms with Gasteiger partial charge in [0.1, 0.15) is 0 Å². The largest absolute Gasteiger partial charge is 0.330 e. The molecule has 1 aliphatic rings. The minimum Gasteiger partial charge on any atom is -0.330 e.